The predicted molar refractivity (Wildman–Crippen MR) is 112 cm³/mol. The topological polar surface area (TPSA) is 129 Å². The maximum atomic E-state index is 12.6. The van der Waals surface area contributed by atoms with Crippen LogP contribution in [0.4, 0.5) is 11.5 Å². The second-order valence-electron chi connectivity index (χ2n) is 6.31. The number of carbonyl (C=O) groups excluding carboxylic acids is 1. The van der Waals surface area contributed by atoms with Gasteiger partial charge in [-0.05, 0) is 42.0 Å². The van der Waals surface area contributed by atoms with E-state index in [9.17, 15) is 14.4 Å². The Balaban J connectivity index is 1.96. The van der Waals surface area contributed by atoms with Crippen LogP contribution in [-0.4, -0.2) is 29.6 Å². The second-order valence-corrected chi connectivity index (χ2v) is 6.31. The first-order chi connectivity index (χ1) is 14.5. The Kier molecular flexibility index (Phi) is 5.98. The van der Waals surface area contributed by atoms with E-state index in [2.05, 4.69) is 15.6 Å². The molecule has 1 aromatic heterocycles. The van der Waals surface area contributed by atoms with Gasteiger partial charge in [-0.1, -0.05) is 12.1 Å². The molecule has 0 aliphatic heterocycles. The van der Waals surface area contributed by atoms with Crippen molar-refractivity contribution >= 4 is 17.4 Å². The molecular formula is C21H19N5O4. The van der Waals surface area contributed by atoms with Crippen molar-refractivity contribution in [2.24, 2.45) is 0 Å². The molecule has 0 saturated heterocycles. The van der Waals surface area contributed by atoms with Crippen molar-refractivity contribution in [1.29, 1.82) is 5.26 Å². The number of nitrogens with one attached hydrogen (secondary N) is 3. The lowest BCUT2D eigenvalue weighted by Crippen LogP contribution is -2.35. The van der Waals surface area contributed by atoms with Crippen LogP contribution in [-0.2, 0) is 6.54 Å². The van der Waals surface area contributed by atoms with Gasteiger partial charge in [-0.3, -0.25) is 19.1 Å². The number of ether oxygens (including phenoxy) is 1. The standard InChI is InChI=1S/C21H19N5O4/c1-23-18-17(24-19(27)15-7-3-13(11-22)4-8-15)20(28)25-21(29)26(18)12-14-5-9-16(30-2)10-6-14/h3-10,23H,12H2,1-2H3,(H,24,27)(H,25,28,29). The normalized spacial score (nSPS) is 10.2. The summed E-state index contributed by atoms with van der Waals surface area (Å²) in [6.07, 6.45) is 0. The Bertz CT molecular complexity index is 1220. The summed E-state index contributed by atoms with van der Waals surface area (Å²) in [5.41, 5.74) is 0.0522. The molecule has 0 saturated carbocycles. The lowest BCUT2D eigenvalue weighted by Gasteiger charge is -2.16. The van der Waals surface area contributed by atoms with Crippen LogP contribution in [0.3, 0.4) is 0 Å². The Hall–Kier alpha value is -4.32. The highest BCUT2D eigenvalue weighted by Crippen LogP contribution is 2.18. The molecule has 1 amide bonds. The Labute approximate surface area is 171 Å². The predicted octanol–water partition coefficient (Wildman–Crippen LogP) is 1.76. The number of rotatable bonds is 6. The summed E-state index contributed by atoms with van der Waals surface area (Å²) in [6.45, 7) is 0.162. The number of aromatic amines is 1. The van der Waals surface area contributed by atoms with Crippen LogP contribution < -0.4 is 26.6 Å². The lowest BCUT2D eigenvalue weighted by atomic mass is 10.1. The zero-order valence-corrected chi connectivity index (χ0v) is 16.4. The molecule has 0 fully saturated rings. The Morgan fingerprint density at radius 1 is 1.13 bits per heavy atom. The molecule has 0 atom stereocenters. The average molecular weight is 405 g/mol. The Morgan fingerprint density at radius 2 is 1.80 bits per heavy atom. The van der Waals surface area contributed by atoms with Crippen molar-refractivity contribution in [2.75, 3.05) is 24.8 Å². The number of aromatic nitrogens is 2. The van der Waals surface area contributed by atoms with Crippen molar-refractivity contribution in [3.8, 4) is 11.8 Å². The number of hydrogen-bond acceptors (Lipinski definition) is 6. The van der Waals surface area contributed by atoms with Gasteiger partial charge >= 0.3 is 5.69 Å². The zero-order valence-electron chi connectivity index (χ0n) is 16.4. The van der Waals surface area contributed by atoms with Crippen LogP contribution in [0.1, 0.15) is 21.5 Å². The molecule has 9 nitrogen and oxygen atoms in total. The molecule has 2 aromatic carbocycles. The van der Waals surface area contributed by atoms with E-state index in [1.807, 2.05) is 6.07 Å². The number of nitriles is 1. The molecule has 152 valence electrons. The van der Waals surface area contributed by atoms with Gasteiger partial charge in [0.25, 0.3) is 11.5 Å². The molecule has 0 radical (unpaired) electrons. The van der Waals surface area contributed by atoms with E-state index in [1.54, 1.807) is 38.4 Å². The van der Waals surface area contributed by atoms with Crippen LogP contribution in [0, 0.1) is 11.3 Å². The fourth-order valence-corrected chi connectivity index (χ4v) is 2.89. The summed E-state index contributed by atoms with van der Waals surface area (Å²) in [4.78, 5) is 39.6. The average Bonchev–Trinajstić information content (AvgIpc) is 2.77. The summed E-state index contributed by atoms with van der Waals surface area (Å²) in [5, 5.41) is 14.2. The smallest absolute Gasteiger partial charge is 0.330 e. The molecule has 1 heterocycles. The summed E-state index contributed by atoms with van der Waals surface area (Å²) in [5.74, 6) is 0.300. The number of amides is 1. The van der Waals surface area contributed by atoms with E-state index in [4.69, 9.17) is 10.00 Å². The van der Waals surface area contributed by atoms with Crippen molar-refractivity contribution in [3.05, 3.63) is 86.1 Å². The number of carbonyl (C=O) groups is 1. The van der Waals surface area contributed by atoms with Gasteiger partial charge in [-0.25, -0.2) is 4.79 Å². The van der Waals surface area contributed by atoms with E-state index in [-0.39, 0.29) is 23.6 Å². The third kappa shape index (κ3) is 4.23. The van der Waals surface area contributed by atoms with Crippen LogP contribution in [0.25, 0.3) is 0 Å². The molecule has 0 unspecified atom stereocenters. The van der Waals surface area contributed by atoms with Gasteiger partial charge in [0.05, 0.1) is 25.3 Å². The number of methoxy groups -OCH3 is 1. The number of H-pyrrole nitrogens is 1. The molecule has 3 aromatic rings. The van der Waals surface area contributed by atoms with Gasteiger partial charge in [0, 0.05) is 12.6 Å². The fourth-order valence-electron chi connectivity index (χ4n) is 2.89. The van der Waals surface area contributed by atoms with Crippen molar-refractivity contribution in [2.45, 2.75) is 6.54 Å². The number of anilines is 2. The third-order valence-electron chi connectivity index (χ3n) is 4.45. The summed E-state index contributed by atoms with van der Waals surface area (Å²) < 4.78 is 6.45. The molecule has 3 N–H and O–H groups in total. The minimum absolute atomic E-state index is 0.0834. The molecular weight excluding hydrogens is 386 g/mol. The molecule has 0 aliphatic carbocycles. The number of hydrogen-bond donors (Lipinski definition) is 3. The maximum Gasteiger partial charge on any atom is 0.330 e. The van der Waals surface area contributed by atoms with Gasteiger partial charge in [-0.15, -0.1) is 0 Å². The van der Waals surface area contributed by atoms with Gasteiger partial charge in [0.15, 0.2) is 0 Å². The summed E-state index contributed by atoms with van der Waals surface area (Å²) in [7, 11) is 3.11. The first-order valence-corrected chi connectivity index (χ1v) is 8.96. The lowest BCUT2D eigenvalue weighted by molar-refractivity contribution is 0.102. The first kappa shape index (κ1) is 20.4. The van der Waals surface area contributed by atoms with E-state index in [0.29, 0.717) is 11.3 Å². The molecule has 30 heavy (non-hydrogen) atoms. The van der Waals surface area contributed by atoms with Crippen molar-refractivity contribution in [1.82, 2.24) is 9.55 Å². The minimum Gasteiger partial charge on any atom is -0.497 e. The van der Waals surface area contributed by atoms with Gasteiger partial charge < -0.3 is 15.4 Å². The molecule has 0 bridgehead atoms. The quantitative estimate of drug-likeness (QED) is 0.573. The molecule has 9 heteroatoms. The first-order valence-electron chi connectivity index (χ1n) is 8.96. The zero-order chi connectivity index (χ0) is 21.7. The third-order valence-corrected chi connectivity index (χ3v) is 4.45. The van der Waals surface area contributed by atoms with E-state index in [0.717, 1.165) is 5.56 Å². The SMILES string of the molecule is CNc1c(NC(=O)c2ccc(C#N)cc2)c(=O)[nH]c(=O)n1Cc1ccc(OC)cc1. The maximum absolute atomic E-state index is 12.6. The van der Waals surface area contributed by atoms with Gasteiger partial charge in [0.1, 0.15) is 17.3 Å². The van der Waals surface area contributed by atoms with Crippen LogP contribution in [0.15, 0.2) is 58.1 Å². The van der Waals surface area contributed by atoms with Crippen LogP contribution >= 0.6 is 0 Å². The highest BCUT2D eigenvalue weighted by Gasteiger charge is 2.17. The van der Waals surface area contributed by atoms with E-state index < -0.39 is 17.2 Å². The van der Waals surface area contributed by atoms with Gasteiger partial charge in [-0.2, -0.15) is 5.26 Å². The monoisotopic (exact) mass is 405 g/mol. The fraction of sp³-hybridized carbons (Fsp3) is 0.143. The van der Waals surface area contributed by atoms with Gasteiger partial charge in [0.2, 0.25) is 0 Å². The van der Waals surface area contributed by atoms with Crippen molar-refractivity contribution in [3.63, 3.8) is 0 Å². The molecule has 3 rings (SSSR count). The summed E-state index contributed by atoms with van der Waals surface area (Å²) >= 11 is 0. The van der Waals surface area contributed by atoms with E-state index >= 15 is 0 Å². The summed E-state index contributed by atoms with van der Waals surface area (Å²) in [6, 6.07) is 15.1. The Morgan fingerprint density at radius 3 is 2.37 bits per heavy atom. The van der Waals surface area contributed by atoms with Crippen LogP contribution in [0.2, 0.25) is 0 Å². The van der Waals surface area contributed by atoms with E-state index in [1.165, 1.54) is 28.8 Å². The van der Waals surface area contributed by atoms with Crippen LogP contribution in [0.5, 0.6) is 5.75 Å². The second kappa shape index (κ2) is 8.79. The number of nitrogens with zero attached hydrogens (tertiary/aromatic N) is 2. The highest BCUT2D eigenvalue weighted by molar-refractivity contribution is 6.05. The minimum atomic E-state index is -0.725. The largest absolute Gasteiger partial charge is 0.497 e. The number of benzene rings is 2. The van der Waals surface area contributed by atoms with Crippen molar-refractivity contribution < 1.29 is 9.53 Å². The molecule has 0 spiro atoms. The highest BCUT2D eigenvalue weighted by atomic mass is 16.5. The molecule has 0 aliphatic rings.